The number of halogens is 1. The number of carbonyl (C=O) groups is 1. The first-order valence-corrected chi connectivity index (χ1v) is 14.6. The third kappa shape index (κ3) is 6.88. The van der Waals surface area contributed by atoms with E-state index in [0.29, 0.717) is 29.3 Å². The van der Waals surface area contributed by atoms with Crippen LogP contribution in [0.25, 0.3) is 0 Å². The number of nitrogens with zero attached hydrogens (tertiary/aromatic N) is 3. The van der Waals surface area contributed by atoms with E-state index in [4.69, 9.17) is 12.2 Å². The summed E-state index contributed by atoms with van der Waals surface area (Å²) in [6, 6.07) is 7.37. The number of para-hydroxylation sites is 1. The molecule has 0 bridgehead atoms. The maximum absolute atomic E-state index is 14.0. The molecule has 3 aliphatic rings. The van der Waals surface area contributed by atoms with Crippen LogP contribution in [0, 0.1) is 11.7 Å². The van der Waals surface area contributed by atoms with E-state index in [-0.39, 0.29) is 24.3 Å². The van der Waals surface area contributed by atoms with Gasteiger partial charge < -0.3 is 26.2 Å². The van der Waals surface area contributed by atoms with Gasteiger partial charge in [-0.15, -0.1) is 11.3 Å². The van der Waals surface area contributed by atoms with Gasteiger partial charge in [0.05, 0.1) is 17.8 Å². The van der Waals surface area contributed by atoms with Crippen molar-refractivity contribution in [3.8, 4) is 0 Å². The largest absolute Gasteiger partial charge is 0.367 e. The maximum atomic E-state index is 14.0. The van der Waals surface area contributed by atoms with E-state index in [0.717, 1.165) is 62.8 Å². The number of thiazole rings is 1. The lowest BCUT2D eigenvalue weighted by atomic mass is 9.81. The first kappa shape index (κ1) is 26.1. The van der Waals surface area contributed by atoms with Crippen molar-refractivity contribution in [2.24, 2.45) is 5.92 Å². The van der Waals surface area contributed by atoms with Crippen LogP contribution in [-0.4, -0.2) is 72.4 Å². The molecule has 37 heavy (non-hydrogen) atoms. The van der Waals surface area contributed by atoms with Crippen LogP contribution in [0.1, 0.15) is 37.8 Å². The van der Waals surface area contributed by atoms with Crippen LogP contribution in [-0.2, 0) is 11.2 Å². The lowest BCUT2D eigenvalue weighted by molar-refractivity contribution is -0.120. The molecule has 2 aromatic rings. The first-order valence-electron chi connectivity index (χ1n) is 13.3. The molecular weight excluding hydrogens is 509 g/mol. The summed E-state index contributed by atoms with van der Waals surface area (Å²) >= 11 is 6.93. The summed E-state index contributed by atoms with van der Waals surface area (Å²) in [5.74, 6) is 0.305. The highest BCUT2D eigenvalue weighted by Crippen LogP contribution is 2.30. The van der Waals surface area contributed by atoms with Crippen molar-refractivity contribution in [1.29, 1.82) is 0 Å². The fraction of sp³-hybridized carbons (Fsp3) is 0.577. The molecule has 0 radical (unpaired) electrons. The first-order chi connectivity index (χ1) is 18.0. The number of rotatable bonds is 9. The molecule has 200 valence electrons. The molecule has 0 spiro atoms. The number of thiocarbonyl (C=S) groups is 1. The normalized spacial score (nSPS) is 24.1. The summed E-state index contributed by atoms with van der Waals surface area (Å²) < 4.78 is 14.0. The standard InChI is InChI=1S/C26H36FN7OS2/c27-20-7-2-4-9-22(20)34-14-12-33(13-15-34)11-5-10-28-23(35)16-18-17-37-26(29-18)32-24-19-6-1-3-8-21(19)30-25(36)31-24/h2,4,7,9,17,19,21,24H,1,3,5-6,8,10-16H2,(H,28,35)(H,29,32)(H2,30,31,36). The van der Waals surface area contributed by atoms with E-state index in [1.165, 1.54) is 30.2 Å². The predicted molar refractivity (Wildman–Crippen MR) is 151 cm³/mol. The quantitative estimate of drug-likeness (QED) is 0.283. The molecule has 3 heterocycles. The molecule has 1 amide bonds. The Kier molecular flexibility index (Phi) is 8.73. The molecule has 3 atom stereocenters. The van der Waals surface area contributed by atoms with Crippen LogP contribution in [0.5, 0.6) is 0 Å². The molecule has 3 fully saturated rings. The molecule has 5 rings (SSSR count). The Morgan fingerprint density at radius 1 is 1.16 bits per heavy atom. The minimum absolute atomic E-state index is 0.00487. The van der Waals surface area contributed by atoms with E-state index >= 15 is 0 Å². The molecule has 1 aromatic carbocycles. The molecule has 2 saturated heterocycles. The summed E-state index contributed by atoms with van der Waals surface area (Å²) in [6.07, 6.45) is 6.03. The zero-order valence-corrected chi connectivity index (χ0v) is 22.7. The van der Waals surface area contributed by atoms with Crippen molar-refractivity contribution < 1.29 is 9.18 Å². The lowest BCUT2D eigenvalue weighted by Gasteiger charge is -2.43. The van der Waals surface area contributed by atoms with Crippen molar-refractivity contribution in [3.05, 3.63) is 41.2 Å². The van der Waals surface area contributed by atoms with Crippen molar-refractivity contribution >= 4 is 45.4 Å². The minimum atomic E-state index is -0.161. The van der Waals surface area contributed by atoms with Gasteiger partial charge in [-0.2, -0.15) is 0 Å². The van der Waals surface area contributed by atoms with E-state index in [1.54, 1.807) is 6.07 Å². The number of aromatic nitrogens is 1. The summed E-state index contributed by atoms with van der Waals surface area (Å²) in [6.45, 7) is 4.98. The van der Waals surface area contributed by atoms with Crippen molar-refractivity contribution in [3.63, 3.8) is 0 Å². The number of piperazine rings is 1. The molecule has 1 aromatic heterocycles. The maximum Gasteiger partial charge on any atom is 0.226 e. The zero-order valence-electron chi connectivity index (χ0n) is 21.0. The van der Waals surface area contributed by atoms with Gasteiger partial charge in [0.2, 0.25) is 5.91 Å². The zero-order chi connectivity index (χ0) is 25.6. The summed E-state index contributed by atoms with van der Waals surface area (Å²) in [5, 5.41) is 16.8. The number of anilines is 2. The molecule has 8 nitrogen and oxygen atoms in total. The number of carbonyl (C=O) groups excluding carboxylic acids is 1. The highest BCUT2D eigenvalue weighted by atomic mass is 32.1. The summed E-state index contributed by atoms with van der Waals surface area (Å²) in [7, 11) is 0. The van der Waals surface area contributed by atoms with Gasteiger partial charge in [0.1, 0.15) is 12.0 Å². The summed E-state index contributed by atoms with van der Waals surface area (Å²) in [4.78, 5) is 21.6. The number of hydrogen-bond donors (Lipinski definition) is 4. The van der Waals surface area contributed by atoms with Crippen LogP contribution < -0.4 is 26.2 Å². The minimum Gasteiger partial charge on any atom is -0.367 e. The Hall–Kier alpha value is -2.50. The number of amides is 1. The number of fused-ring (bicyclic) bond motifs is 1. The van der Waals surface area contributed by atoms with Crippen molar-refractivity contribution in [2.75, 3.05) is 49.5 Å². The second-order valence-corrected chi connectivity index (χ2v) is 11.4. The second-order valence-electron chi connectivity index (χ2n) is 10.1. The Bertz CT molecular complexity index is 1070. The smallest absolute Gasteiger partial charge is 0.226 e. The van der Waals surface area contributed by atoms with E-state index in [9.17, 15) is 9.18 Å². The fourth-order valence-electron chi connectivity index (χ4n) is 5.60. The van der Waals surface area contributed by atoms with Crippen LogP contribution in [0.15, 0.2) is 29.6 Å². The SMILES string of the molecule is O=C(Cc1csc(NC2NC(=S)NC3CCCCC32)n1)NCCCN1CCN(c2ccccc2F)CC1. The highest BCUT2D eigenvalue weighted by Gasteiger charge is 2.36. The Balaban J connectivity index is 0.995. The molecular formula is C26H36FN7OS2. The Morgan fingerprint density at radius 2 is 1.97 bits per heavy atom. The monoisotopic (exact) mass is 545 g/mol. The average molecular weight is 546 g/mol. The fourth-order valence-corrected chi connectivity index (χ4v) is 6.63. The van der Waals surface area contributed by atoms with Gasteiger partial charge in [0, 0.05) is 50.1 Å². The van der Waals surface area contributed by atoms with Gasteiger partial charge in [-0.3, -0.25) is 9.69 Å². The molecule has 3 unspecified atom stereocenters. The van der Waals surface area contributed by atoms with Gasteiger partial charge in [-0.1, -0.05) is 25.0 Å². The second kappa shape index (κ2) is 12.4. The van der Waals surface area contributed by atoms with Crippen LogP contribution >= 0.6 is 23.6 Å². The van der Waals surface area contributed by atoms with Gasteiger partial charge in [-0.25, -0.2) is 9.37 Å². The van der Waals surface area contributed by atoms with Gasteiger partial charge in [-0.05, 0) is 50.2 Å². The third-order valence-electron chi connectivity index (χ3n) is 7.56. The van der Waals surface area contributed by atoms with Gasteiger partial charge >= 0.3 is 0 Å². The highest BCUT2D eigenvalue weighted by molar-refractivity contribution is 7.80. The van der Waals surface area contributed by atoms with Crippen LogP contribution in [0.2, 0.25) is 0 Å². The van der Waals surface area contributed by atoms with Gasteiger partial charge in [0.15, 0.2) is 10.2 Å². The Morgan fingerprint density at radius 3 is 2.81 bits per heavy atom. The number of nitrogens with one attached hydrogen (secondary N) is 4. The third-order valence-corrected chi connectivity index (χ3v) is 8.62. The topological polar surface area (TPSA) is 84.6 Å². The van der Waals surface area contributed by atoms with E-state index in [2.05, 4.69) is 36.1 Å². The predicted octanol–water partition coefficient (Wildman–Crippen LogP) is 2.93. The number of benzene rings is 1. The molecule has 2 aliphatic heterocycles. The van der Waals surface area contributed by atoms with E-state index < -0.39 is 0 Å². The van der Waals surface area contributed by atoms with Crippen molar-refractivity contribution in [2.45, 2.75) is 50.7 Å². The summed E-state index contributed by atoms with van der Waals surface area (Å²) in [5.41, 5.74) is 1.47. The van der Waals surface area contributed by atoms with Crippen LogP contribution in [0.3, 0.4) is 0 Å². The molecule has 4 N–H and O–H groups in total. The van der Waals surface area contributed by atoms with E-state index in [1.807, 2.05) is 17.5 Å². The molecule has 1 saturated carbocycles. The lowest BCUT2D eigenvalue weighted by Crippen LogP contribution is -2.63. The van der Waals surface area contributed by atoms with Crippen LogP contribution in [0.4, 0.5) is 15.2 Å². The number of hydrogen-bond acceptors (Lipinski definition) is 7. The Labute approximate surface area is 227 Å². The molecule has 11 heteroatoms. The molecule has 1 aliphatic carbocycles. The van der Waals surface area contributed by atoms with Gasteiger partial charge in [0.25, 0.3) is 0 Å². The average Bonchev–Trinajstić information content (AvgIpc) is 3.33. The van der Waals surface area contributed by atoms with Crippen molar-refractivity contribution in [1.82, 2.24) is 25.8 Å².